The van der Waals surface area contributed by atoms with E-state index in [9.17, 15) is 22.7 Å². The van der Waals surface area contributed by atoms with Crippen molar-refractivity contribution in [3.63, 3.8) is 0 Å². The number of nitrogens with zero attached hydrogens (tertiary/aromatic N) is 1. The predicted molar refractivity (Wildman–Crippen MR) is 119 cm³/mol. The number of aliphatic hydroxyl groups is 1. The van der Waals surface area contributed by atoms with E-state index in [2.05, 4.69) is 0 Å². The average Bonchev–Trinajstić information content (AvgIpc) is 2.78. The van der Waals surface area contributed by atoms with Crippen LogP contribution in [0.25, 0.3) is 0 Å². The number of aliphatic hydroxyl groups excluding tert-OH is 1. The normalized spacial score (nSPS) is 22.5. The third kappa shape index (κ3) is 4.17. The van der Waals surface area contributed by atoms with Crippen molar-refractivity contribution in [1.82, 2.24) is 0 Å². The summed E-state index contributed by atoms with van der Waals surface area (Å²) in [6.45, 7) is 1.75. The SMILES string of the molecule is CCOC(=O)[C@H]1CC=C(CO)[C@H]2CN(S(=O)(=O)Cc3ccccc3)c3cc(F)ccc3[C@H]12. The molecule has 8 heteroatoms. The molecule has 1 aliphatic carbocycles. The van der Waals surface area contributed by atoms with E-state index in [0.717, 1.165) is 0 Å². The summed E-state index contributed by atoms with van der Waals surface area (Å²) >= 11 is 0. The van der Waals surface area contributed by atoms with E-state index >= 15 is 0 Å². The van der Waals surface area contributed by atoms with Gasteiger partial charge in [-0.1, -0.05) is 42.5 Å². The second-order valence-electron chi connectivity index (χ2n) is 8.14. The molecule has 0 saturated heterocycles. The number of ether oxygens (including phenoxy) is 1. The van der Waals surface area contributed by atoms with Crippen molar-refractivity contribution in [3.05, 3.63) is 77.1 Å². The van der Waals surface area contributed by atoms with E-state index in [4.69, 9.17) is 4.74 Å². The number of sulfonamides is 1. The number of hydrogen-bond donors (Lipinski definition) is 1. The van der Waals surface area contributed by atoms with Crippen molar-refractivity contribution in [2.75, 3.05) is 24.1 Å². The molecule has 0 bridgehead atoms. The van der Waals surface area contributed by atoms with Crippen molar-refractivity contribution >= 4 is 21.7 Å². The van der Waals surface area contributed by atoms with Gasteiger partial charge in [0.25, 0.3) is 0 Å². The molecular weight excluding hydrogens is 433 g/mol. The lowest BCUT2D eigenvalue weighted by molar-refractivity contribution is -0.149. The standard InChI is InChI=1S/C24H26FNO5S/c1-2-31-24(28)20-10-8-17(14-27)21-13-26(22-12-18(25)9-11-19(22)23(20)21)32(29,30)15-16-6-4-3-5-7-16/h3-9,11-12,20-21,23,27H,2,10,13-15H2,1H3/t20-,21+,23+/m0/s1. The number of halogens is 1. The second-order valence-corrected chi connectivity index (χ2v) is 10.0. The number of fused-ring (bicyclic) bond motifs is 3. The zero-order valence-electron chi connectivity index (χ0n) is 17.8. The Bertz CT molecular complexity index is 1130. The maximum atomic E-state index is 14.3. The van der Waals surface area contributed by atoms with Gasteiger partial charge in [-0.25, -0.2) is 12.8 Å². The minimum absolute atomic E-state index is 0.0264. The highest BCUT2D eigenvalue weighted by Gasteiger charge is 2.47. The first kappa shape index (κ1) is 22.5. The minimum Gasteiger partial charge on any atom is -0.466 e. The van der Waals surface area contributed by atoms with Crippen LogP contribution in [0.5, 0.6) is 0 Å². The lowest BCUT2D eigenvalue weighted by Gasteiger charge is -2.45. The van der Waals surface area contributed by atoms with Crippen LogP contribution in [0.3, 0.4) is 0 Å². The molecule has 32 heavy (non-hydrogen) atoms. The molecule has 0 saturated carbocycles. The Morgan fingerprint density at radius 3 is 2.66 bits per heavy atom. The zero-order chi connectivity index (χ0) is 22.9. The van der Waals surface area contributed by atoms with E-state index in [0.29, 0.717) is 23.1 Å². The van der Waals surface area contributed by atoms with Gasteiger partial charge in [-0.15, -0.1) is 0 Å². The largest absolute Gasteiger partial charge is 0.466 e. The van der Waals surface area contributed by atoms with Crippen LogP contribution in [0.2, 0.25) is 0 Å². The number of allylic oxidation sites excluding steroid dienone is 1. The van der Waals surface area contributed by atoms with Gasteiger partial charge in [0.2, 0.25) is 10.0 Å². The first-order valence-electron chi connectivity index (χ1n) is 10.7. The first-order valence-corrected chi connectivity index (χ1v) is 12.3. The first-order chi connectivity index (χ1) is 15.4. The number of hydrogen-bond acceptors (Lipinski definition) is 5. The van der Waals surface area contributed by atoms with Gasteiger partial charge in [-0.3, -0.25) is 9.10 Å². The van der Waals surface area contributed by atoms with Gasteiger partial charge < -0.3 is 9.84 Å². The molecule has 0 unspecified atom stereocenters. The van der Waals surface area contributed by atoms with Gasteiger partial charge >= 0.3 is 5.97 Å². The summed E-state index contributed by atoms with van der Waals surface area (Å²) in [7, 11) is -3.86. The lowest BCUT2D eigenvalue weighted by Crippen LogP contribution is -2.47. The van der Waals surface area contributed by atoms with Crippen molar-refractivity contribution in [2.45, 2.75) is 25.0 Å². The van der Waals surface area contributed by atoms with Crippen LogP contribution in [0, 0.1) is 17.7 Å². The van der Waals surface area contributed by atoms with Crippen molar-refractivity contribution in [3.8, 4) is 0 Å². The molecule has 4 rings (SSSR count). The Kier molecular flexibility index (Phi) is 6.35. The molecule has 6 nitrogen and oxygen atoms in total. The van der Waals surface area contributed by atoms with Gasteiger partial charge in [-0.2, -0.15) is 0 Å². The van der Waals surface area contributed by atoms with Crippen molar-refractivity contribution in [1.29, 1.82) is 0 Å². The quantitative estimate of drug-likeness (QED) is 0.529. The fraction of sp³-hybridized carbons (Fsp3) is 0.375. The van der Waals surface area contributed by atoms with E-state index in [1.807, 2.05) is 6.07 Å². The molecular formula is C24H26FNO5S. The molecule has 2 aromatic carbocycles. The summed E-state index contributed by atoms with van der Waals surface area (Å²) in [5.74, 6) is -2.50. The van der Waals surface area contributed by atoms with Crippen LogP contribution in [-0.4, -0.2) is 39.3 Å². The maximum Gasteiger partial charge on any atom is 0.309 e. The summed E-state index contributed by atoms with van der Waals surface area (Å²) in [6.07, 6.45) is 2.18. The summed E-state index contributed by atoms with van der Waals surface area (Å²) in [4.78, 5) is 12.7. The molecule has 0 fully saturated rings. The van der Waals surface area contributed by atoms with Crippen LogP contribution in [0.4, 0.5) is 10.1 Å². The van der Waals surface area contributed by atoms with Gasteiger partial charge in [0.05, 0.1) is 30.6 Å². The Labute approximate surface area is 187 Å². The molecule has 2 aliphatic rings. The molecule has 0 aromatic heterocycles. The van der Waals surface area contributed by atoms with E-state index < -0.39 is 33.6 Å². The Balaban J connectivity index is 1.81. The van der Waals surface area contributed by atoms with Crippen LogP contribution >= 0.6 is 0 Å². The summed E-state index contributed by atoms with van der Waals surface area (Å²) in [5.41, 5.74) is 2.14. The van der Waals surface area contributed by atoms with Crippen LogP contribution < -0.4 is 4.31 Å². The lowest BCUT2D eigenvalue weighted by atomic mass is 9.67. The molecule has 170 valence electrons. The van der Waals surface area contributed by atoms with E-state index in [-0.39, 0.29) is 37.2 Å². The van der Waals surface area contributed by atoms with Gasteiger partial charge in [0, 0.05) is 18.4 Å². The Morgan fingerprint density at radius 1 is 1.22 bits per heavy atom. The number of anilines is 1. The van der Waals surface area contributed by atoms with E-state index in [1.165, 1.54) is 16.4 Å². The summed E-state index contributed by atoms with van der Waals surface area (Å²) in [6, 6.07) is 12.8. The Hall–Kier alpha value is -2.71. The number of rotatable bonds is 6. The Morgan fingerprint density at radius 2 is 1.97 bits per heavy atom. The average molecular weight is 460 g/mol. The zero-order valence-corrected chi connectivity index (χ0v) is 18.6. The maximum absolute atomic E-state index is 14.3. The smallest absolute Gasteiger partial charge is 0.309 e. The topological polar surface area (TPSA) is 83.9 Å². The molecule has 0 radical (unpaired) electrons. The van der Waals surface area contributed by atoms with Crippen LogP contribution in [0.15, 0.2) is 60.2 Å². The fourth-order valence-corrected chi connectivity index (χ4v) is 6.46. The third-order valence-electron chi connectivity index (χ3n) is 6.26. The predicted octanol–water partition coefficient (Wildman–Crippen LogP) is 3.38. The highest BCUT2D eigenvalue weighted by atomic mass is 32.2. The highest BCUT2D eigenvalue weighted by molar-refractivity contribution is 7.92. The monoisotopic (exact) mass is 459 g/mol. The van der Waals surface area contributed by atoms with Crippen LogP contribution in [0.1, 0.15) is 30.4 Å². The summed E-state index contributed by atoms with van der Waals surface area (Å²) in [5, 5.41) is 9.96. The molecule has 1 N–H and O–H groups in total. The molecule has 1 aliphatic heterocycles. The van der Waals surface area contributed by atoms with Gasteiger partial charge in [0.1, 0.15) is 5.82 Å². The highest BCUT2D eigenvalue weighted by Crippen LogP contribution is 2.50. The number of benzene rings is 2. The second kappa shape index (κ2) is 9.03. The van der Waals surface area contributed by atoms with E-state index in [1.54, 1.807) is 43.3 Å². The number of carbonyl (C=O) groups excluding carboxylic acids is 1. The molecule has 0 spiro atoms. The molecule has 1 heterocycles. The van der Waals surface area contributed by atoms with Crippen LogP contribution in [-0.2, 0) is 25.3 Å². The van der Waals surface area contributed by atoms with Crippen molar-refractivity contribution in [2.24, 2.45) is 11.8 Å². The fourth-order valence-electron chi connectivity index (χ4n) is 4.84. The molecule has 2 aromatic rings. The summed E-state index contributed by atoms with van der Waals surface area (Å²) < 4.78 is 47.7. The molecule has 3 atom stereocenters. The molecule has 0 amide bonds. The number of carbonyl (C=O) groups is 1. The van der Waals surface area contributed by atoms with Gasteiger partial charge in [-0.05, 0) is 42.2 Å². The number of esters is 1. The minimum atomic E-state index is -3.86. The van der Waals surface area contributed by atoms with Gasteiger partial charge in [0.15, 0.2) is 0 Å². The third-order valence-corrected chi connectivity index (χ3v) is 7.98. The van der Waals surface area contributed by atoms with Crippen molar-refractivity contribution < 1.29 is 27.4 Å².